The van der Waals surface area contributed by atoms with E-state index in [0.29, 0.717) is 5.95 Å². The van der Waals surface area contributed by atoms with Crippen LogP contribution in [0.1, 0.15) is 37.8 Å². The minimum absolute atomic E-state index is 0.165. The Hall–Kier alpha value is -3.07. The van der Waals surface area contributed by atoms with Crippen LogP contribution in [-0.2, 0) is 5.54 Å². The predicted molar refractivity (Wildman–Crippen MR) is 120 cm³/mol. The van der Waals surface area contributed by atoms with Crippen molar-refractivity contribution in [3.05, 3.63) is 59.0 Å². The SMILES string of the molecule is CCC12CCCN1c1nc(-n3ccnc3-c3cccc(Br)c3)ncc1-n1c(C)nnc12. The average molecular weight is 477 g/mol. The number of halogens is 1. The molecule has 156 valence electrons. The van der Waals surface area contributed by atoms with Gasteiger partial charge in [-0.1, -0.05) is 35.0 Å². The molecular weight excluding hydrogens is 456 g/mol. The van der Waals surface area contributed by atoms with Gasteiger partial charge in [-0.3, -0.25) is 9.13 Å². The Morgan fingerprint density at radius 1 is 1.19 bits per heavy atom. The van der Waals surface area contributed by atoms with Crippen molar-refractivity contribution >= 4 is 21.7 Å². The zero-order valence-electron chi connectivity index (χ0n) is 17.3. The number of hydrogen-bond acceptors (Lipinski definition) is 6. The summed E-state index contributed by atoms with van der Waals surface area (Å²) in [6.07, 6.45) is 8.70. The molecule has 0 N–H and O–H groups in total. The van der Waals surface area contributed by atoms with E-state index in [1.165, 1.54) is 0 Å². The summed E-state index contributed by atoms with van der Waals surface area (Å²) in [7, 11) is 0. The van der Waals surface area contributed by atoms with Crippen LogP contribution in [0.25, 0.3) is 23.0 Å². The van der Waals surface area contributed by atoms with Gasteiger partial charge in [-0.15, -0.1) is 10.2 Å². The van der Waals surface area contributed by atoms with Crippen LogP contribution in [0.2, 0.25) is 0 Å². The van der Waals surface area contributed by atoms with Crippen molar-refractivity contribution in [2.75, 3.05) is 11.4 Å². The fraction of sp³-hybridized carbons (Fsp3) is 0.318. The van der Waals surface area contributed by atoms with Gasteiger partial charge in [-0.25, -0.2) is 9.97 Å². The number of fused-ring (bicyclic) bond motifs is 6. The summed E-state index contributed by atoms with van der Waals surface area (Å²) >= 11 is 3.55. The van der Waals surface area contributed by atoms with Gasteiger partial charge in [0.05, 0.1) is 6.20 Å². The predicted octanol–water partition coefficient (Wildman–Crippen LogP) is 4.20. The Balaban J connectivity index is 1.54. The molecule has 5 heterocycles. The third kappa shape index (κ3) is 2.56. The van der Waals surface area contributed by atoms with Crippen LogP contribution in [-0.4, -0.2) is 40.8 Å². The summed E-state index contributed by atoms with van der Waals surface area (Å²) in [5, 5.41) is 8.97. The second-order valence-corrected chi connectivity index (χ2v) is 8.97. The smallest absolute Gasteiger partial charge is 0.237 e. The molecule has 9 heteroatoms. The topological polar surface area (TPSA) is 77.5 Å². The van der Waals surface area contributed by atoms with Gasteiger partial charge in [-0.2, -0.15) is 4.98 Å². The van der Waals surface area contributed by atoms with Crippen LogP contribution in [0.5, 0.6) is 0 Å². The lowest BCUT2D eigenvalue weighted by Crippen LogP contribution is -2.47. The van der Waals surface area contributed by atoms with Gasteiger partial charge in [0.15, 0.2) is 11.6 Å². The molecule has 1 atom stereocenters. The van der Waals surface area contributed by atoms with E-state index >= 15 is 0 Å². The molecule has 1 fully saturated rings. The monoisotopic (exact) mass is 476 g/mol. The lowest BCUT2D eigenvalue weighted by Gasteiger charge is -2.42. The molecular formula is C22H21BrN8. The normalized spacial score (nSPS) is 19.3. The Kier molecular flexibility index (Phi) is 4.05. The summed E-state index contributed by atoms with van der Waals surface area (Å²) in [4.78, 5) is 16.8. The highest BCUT2D eigenvalue weighted by atomic mass is 79.9. The molecule has 1 unspecified atom stereocenters. The maximum absolute atomic E-state index is 5.07. The second kappa shape index (κ2) is 6.71. The quantitative estimate of drug-likeness (QED) is 0.440. The summed E-state index contributed by atoms with van der Waals surface area (Å²) in [6, 6.07) is 8.09. The Bertz CT molecular complexity index is 1310. The van der Waals surface area contributed by atoms with Crippen molar-refractivity contribution in [3.8, 4) is 23.0 Å². The fourth-order valence-corrected chi connectivity index (χ4v) is 5.43. The Morgan fingerprint density at radius 2 is 2.10 bits per heavy atom. The van der Waals surface area contributed by atoms with E-state index in [9.17, 15) is 0 Å². The van der Waals surface area contributed by atoms with Crippen LogP contribution in [0.15, 0.2) is 47.3 Å². The van der Waals surface area contributed by atoms with Gasteiger partial charge in [0, 0.05) is 29.0 Å². The number of nitrogens with zero attached hydrogens (tertiary/aromatic N) is 8. The highest BCUT2D eigenvalue weighted by molar-refractivity contribution is 9.10. The number of aryl methyl sites for hydroxylation is 1. The maximum atomic E-state index is 5.07. The van der Waals surface area contributed by atoms with Gasteiger partial charge in [0.1, 0.15) is 22.9 Å². The van der Waals surface area contributed by atoms with Crippen LogP contribution in [0.4, 0.5) is 5.82 Å². The van der Waals surface area contributed by atoms with Crippen molar-refractivity contribution in [2.45, 2.75) is 38.6 Å². The lowest BCUT2D eigenvalue weighted by molar-refractivity contribution is 0.381. The van der Waals surface area contributed by atoms with Crippen molar-refractivity contribution in [3.63, 3.8) is 0 Å². The number of rotatable bonds is 3. The first-order valence-electron chi connectivity index (χ1n) is 10.5. The molecule has 0 amide bonds. The van der Waals surface area contributed by atoms with E-state index in [1.807, 2.05) is 48.1 Å². The lowest BCUT2D eigenvalue weighted by atomic mass is 9.90. The minimum atomic E-state index is -0.165. The van der Waals surface area contributed by atoms with Gasteiger partial charge in [0.25, 0.3) is 0 Å². The van der Waals surface area contributed by atoms with Gasteiger partial charge in [0.2, 0.25) is 5.95 Å². The third-order valence-corrected chi connectivity index (χ3v) is 6.98. The first-order valence-corrected chi connectivity index (χ1v) is 11.3. The Labute approximate surface area is 188 Å². The molecule has 3 aromatic heterocycles. The number of anilines is 1. The van der Waals surface area contributed by atoms with E-state index < -0.39 is 0 Å². The molecule has 8 nitrogen and oxygen atoms in total. The standard InChI is InChI=1S/C22H21BrN8/c1-3-22-8-5-10-30(22)19-17(31-14(2)27-28-20(22)31)13-25-21(26-19)29-11-9-24-18(29)15-6-4-7-16(23)12-15/h4,6-7,9,11-13H,3,5,8,10H2,1-2H3. The van der Waals surface area contributed by atoms with Gasteiger partial charge >= 0.3 is 0 Å². The van der Waals surface area contributed by atoms with Gasteiger partial charge in [-0.05, 0) is 38.3 Å². The summed E-state index contributed by atoms with van der Waals surface area (Å²) in [5.74, 6) is 4.23. The molecule has 1 aromatic carbocycles. The number of aromatic nitrogens is 7. The summed E-state index contributed by atoms with van der Waals surface area (Å²) < 4.78 is 5.08. The van der Waals surface area contributed by atoms with E-state index in [2.05, 4.69) is 47.5 Å². The molecule has 31 heavy (non-hydrogen) atoms. The van der Waals surface area contributed by atoms with E-state index in [4.69, 9.17) is 9.97 Å². The molecule has 0 aliphatic carbocycles. The first kappa shape index (κ1) is 18.7. The maximum Gasteiger partial charge on any atom is 0.237 e. The third-order valence-electron chi connectivity index (χ3n) is 6.49. The summed E-state index contributed by atoms with van der Waals surface area (Å²) in [6.45, 7) is 5.16. The molecule has 2 aliphatic heterocycles. The van der Waals surface area contributed by atoms with Crippen molar-refractivity contribution in [2.24, 2.45) is 0 Å². The first-order chi connectivity index (χ1) is 15.1. The zero-order valence-corrected chi connectivity index (χ0v) is 18.9. The van der Waals surface area contributed by atoms with Crippen molar-refractivity contribution in [1.82, 2.24) is 34.3 Å². The molecule has 0 bridgehead atoms. The Morgan fingerprint density at radius 3 is 2.94 bits per heavy atom. The van der Waals surface area contributed by atoms with E-state index in [1.54, 1.807) is 6.20 Å². The summed E-state index contributed by atoms with van der Waals surface area (Å²) in [5.41, 5.74) is 1.78. The molecule has 0 saturated carbocycles. The number of imidazole rings is 1. The molecule has 2 aliphatic rings. The van der Waals surface area contributed by atoms with Crippen LogP contribution >= 0.6 is 15.9 Å². The zero-order chi connectivity index (χ0) is 21.2. The molecule has 1 saturated heterocycles. The van der Waals surface area contributed by atoms with E-state index in [0.717, 1.165) is 64.8 Å². The average Bonchev–Trinajstić information content (AvgIpc) is 3.52. The molecule has 4 aromatic rings. The molecule has 6 rings (SSSR count). The fourth-order valence-electron chi connectivity index (χ4n) is 5.03. The molecule has 0 radical (unpaired) electrons. The second-order valence-electron chi connectivity index (χ2n) is 8.06. The highest BCUT2D eigenvalue weighted by Gasteiger charge is 2.50. The van der Waals surface area contributed by atoms with Crippen molar-refractivity contribution in [1.29, 1.82) is 0 Å². The largest absolute Gasteiger partial charge is 0.342 e. The van der Waals surface area contributed by atoms with Crippen LogP contribution in [0.3, 0.4) is 0 Å². The number of benzene rings is 1. The highest BCUT2D eigenvalue weighted by Crippen LogP contribution is 2.49. The number of hydrogen-bond donors (Lipinski definition) is 0. The van der Waals surface area contributed by atoms with Gasteiger partial charge < -0.3 is 4.90 Å². The van der Waals surface area contributed by atoms with Crippen LogP contribution in [0, 0.1) is 6.92 Å². The van der Waals surface area contributed by atoms with E-state index in [-0.39, 0.29) is 5.54 Å². The van der Waals surface area contributed by atoms with Crippen molar-refractivity contribution < 1.29 is 0 Å². The van der Waals surface area contributed by atoms with Crippen LogP contribution < -0.4 is 4.90 Å². The minimum Gasteiger partial charge on any atom is -0.342 e. The molecule has 0 spiro atoms.